The fourth-order valence-corrected chi connectivity index (χ4v) is 3.33. The minimum atomic E-state index is -0.292. The standard InChI is InChI=1S/C19H21FN6O/c1-21-19(27)16-13-25-9-8-24(7-6-18(25)23-16)11-14-10-22-26(12-14)17-5-3-2-4-15(17)20/h2-5,10,12-13H,6-9,11H2,1H3,(H,21,27). The molecule has 0 aliphatic carbocycles. The molecule has 0 spiro atoms. The van der Waals surface area contributed by atoms with Crippen LogP contribution in [0.1, 0.15) is 21.9 Å². The molecule has 0 saturated heterocycles. The number of imidazole rings is 1. The van der Waals surface area contributed by atoms with Crippen LogP contribution in [0, 0.1) is 5.82 Å². The third kappa shape index (κ3) is 3.61. The van der Waals surface area contributed by atoms with Crippen molar-refractivity contribution < 1.29 is 9.18 Å². The zero-order valence-electron chi connectivity index (χ0n) is 15.1. The number of carbonyl (C=O) groups excluding carboxylic acids is 1. The highest BCUT2D eigenvalue weighted by atomic mass is 19.1. The second kappa shape index (κ2) is 7.32. The Kier molecular flexibility index (Phi) is 4.72. The third-order valence-corrected chi connectivity index (χ3v) is 4.77. The van der Waals surface area contributed by atoms with E-state index in [0.717, 1.165) is 44.0 Å². The van der Waals surface area contributed by atoms with Crippen LogP contribution in [0.2, 0.25) is 0 Å². The number of hydrogen-bond donors (Lipinski definition) is 1. The van der Waals surface area contributed by atoms with E-state index in [1.165, 1.54) is 6.07 Å². The van der Waals surface area contributed by atoms with Gasteiger partial charge < -0.3 is 9.88 Å². The quantitative estimate of drug-likeness (QED) is 0.760. The van der Waals surface area contributed by atoms with Crippen LogP contribution >= 0.6 is 0 Å². The summed E-state index contributed by atoms with van der Waals surface area (Å²) in [7, 11) is 1.61. The number of benzene rings is 1. The summed E-state index contributed by atoms with van der Waals surface area (Å²) < 4.78 is 17.5. The van der Waals surface area contributed by atoms with Crippen LogP contribution in [0.3, 0.4) is 0 Å². The molecule has 0 fully saturated rings. The number of para-hydroxylation sites is 1. The molecule has 3 heterocycles. The maximum Gasteiger partial charge on any atom is 0.271 e. The zero-order chi connectivity index (χ0) is 18.8. The first-order valence-corrected chi connectivity index (χ1v) is 8.93. The molecule has 7 nitrogen and oxygen atoms in total. The maximum absolute atomic E-state index is 13.9. The summed E-state index contributed by atoms with van der Waals surface area (Å²) in [5.74, 6) is 0.477. The summed E-state index contributed by atoms with van der Waals surface area (Å²) >= 11 is 0. The van der Waals surface area contributed by atoms with Crippen molar-refractivity contribution in [2.24, 2.45) is 0 Å². The van der Waals surface area contributed by atoms with E-state index in [0.29, 0.717) is 11.4 Å². The molecular weight excluding hydrogens is 347 g/mol. The van der Waals surface area contributed by atoms with Crippen LogP contribution in [-0.2, 0) is 19.5 Å². The predicted octanol–water partition coefficient (Wildman–Crippen LogP) is 1.63. The lowest BCUT2D eigenvalue weighted by molar-refractivity contribution is 0.0958. The highest BCUT2D eigenvalue weighted by molar-refractivity contribution is 5.91. The smallest absolute Gasteiger partial charge is 0.271 e. The number of rotatable bonds is 4. The van der Waals surface area contributed by atoms with Crippen LogP contribution in [0.15, 0.2) is 42.9 Å². The zero-order valence-corrected chi connectivity index (χ0v) is 15.1. The maximum atomic E-state index is 13.9. The molecule has 0 atom stereocenters. The normalized spacial score (nSPS) is 14.6. The minimum Gasteiger partial charge on any atom is -0.354 e. The first-order valence-electron chi connectivity index (χ1n) is 8.93. The van der Waals surface area contributed by atoms with Crippen molar-refractivity contribution in [1.82, 2.24) is 29.5 Å². The van der Waals surface area contributed by atoms with Gasteiger partial charge in [-0.05, 0) is 12.1 Å². The van der Waals surface area contributed by atoms with Crippen LogP contribution in [-0.4, -0.2) is 50.3 Å². The monoisotopic (exact) mass is 368 g/mol. The summed E-state index contributed by atoms with van der Waals surface area (Å²) in [4.78, 5) is 18.5. The Morgan fingerprint density at radius 2 is 2.07 bits per heavy atom. The van der Waals surface area contributed by atoms with Gasteiger partial charge in [0.25, 0.3) is 5.91 Å². The number of halogens is 1. The molecule has 0 saturated carbocycles. The van der Waals surface area contributed by atoms with Crippen LogP contribution in [0.25, 0.3) is 5.69 Å². The van der Waals surface area contributed by atoms with E-state index in [-0.39, 0.29) is 11.7 Å². The van der Waals surface area contributed by atoms with Gasteiger partial charge in [0.2, 0.25) is 0 Å². The van der Waals surface area contributed by atoms with Gasteiger partial charge in [-0.2, -0.15) is 5.10 Å². The summed E-state index contributed by atoms with van der Waals surface area (Å²) in [5, 5.41) is 6.90. The SMILES string of the molecule is CNC(=O)c1cn2c(n1)CCN(Cc1cnn(-c3ccccc3F)c1)CC2. The van der Waals surface area contributed by atoms with Crippen molar-refractivity contribution in [3.8, 4) is 5.69 Å². The molecular formula is C19H21FN6O. The van der Waals surface area contributed by atoms with Gasteiger partial charge in [0, 0.05) is 57.6 Å². The molecule has 1 aromatic carbocycles. The number of nitrogens with one attached hydrogen (secondary N) is 1. The number of nitrogens with zero attached hydrogens (tertiary/aromatic N) is 5. The van der Waals surface area contributed by atoms with E-state index in [1.54, 1.807) is 36.1 Å². The lowest BCUT2D eigenvalue weighted by atomic mass is 10.3. The summed E-state index contributed by atoms with van der Waals surface area (Å²) in [6.07, 6.45) is 6.23. The number of fused-ring (bicyclic) bond motifs is 1. The minimum absolute atomic E-state index is 0.159. The van der Waals surface area contributed by atoms with E-state index < -0.39 is 0 Å². The van der Waals surface area contributed by atoms with Crippen molar-refractivity contribution in [3.63, 3.8) is 0 Å². The second-order valence-corrected chi connectivity index (χ2v) is 6.59. The first-order chi connectivity index (χ1) is 13.1. The summed E-state index contributed by atoms with van der Waals surface area (Å²) in [6, 6.07) is 6.60. The molecule has 4 rings (SSSR count). The molecule has 27 heavy (non-hydrogen) atoms. The first kappa shape index (κ1) is 17.4. The Morgan fingerprint density at radius 1 is 1.22 bits per heavy atom. The lowest BCUT2D eigenvalue weighted by Crippen LogP contribution is -2.26. The predicted molar refractivity (Wildman–Crippen MR) is 98.1 cm³/mol. The molecule has 1 N–H and O–H groups in total. The van der Waals surface area contributed by atoms with Gasteiger partial charge in [0.15, 0.2) is 0 Å². The molecule has 0 radical (unpaired) electrons. The Morgan fingerprint density at radius 3 is 2.89 bits per heavy atom. The Labute approximate surface area is 156 Å². The van der Waals surface area contributed by atoms with Crippen molar-refractivity contribution >= 4 is 5.91 Å². The van der Waals surface area contributed by atoms with Gasteiger partial charge in [0.1, 0.15) is 23.0 Å². The van der Waals surface area contributed by atoms with E-state index >= 15 is 0 Å². The number of aromatic nitrogens is 4. The molecule has 3 aromatic rings. The van der Waals surface area contributed by atoms with Crippen LogP contribution < -0.4 is 5.32 Å². The van der Waals surface area contributed by atoms with Crippen LogP contribution in [0.5, 0.6) is 0 Å². The van der Waals surface area contributed by atoms with Gasteiger partial charge in [-0.3, -0.25) is 9.69 Å². The van der Waals surface area contributed by atoms with Crippen molar-refractivity contribution in [2.45, 2.75) is 19.5 Å². The molecule has 0 bridgehead atoms. The highest BCUT2D eigenvalue weighted by Gasteiger charge is 2.19. The average Bonchev–Trinajstić information content (AvgIpc) is 3.26. The van der Waals surface area contributed by atoms with Gasteiger partial charge in [0.05, 0.1) is 6.20 Å². The molecule has 1 aliphatic heterocycles. The van der Waals surface area contributed by atoms with E-state index in [4.69, 9.17) is 0 Å². The third-order valence-electron chi connectivity index (χ3n) is 4.77. The Balaban J connectivity index is 1.42. The molecule has 8 heteroatoms. The molecule has 1 aliphatic rings. The fourth-order valence-electron chi connectivity index (χ4n) is 3.33. The van der Waals surface area contributed by atoms with E-state index in [9.17, 15) is 9.18 Å². The van der Waals surface area contributed by atoms with E-state index in [2.05, 4.69) is 20.3 Å². The number of carbonyl (C=O) groups is 1. The van der Waals surface area contributed by atoms with Crippen molar-refractivity contribution in [3.05, 3.63) is 65.8 Å². The fraction of sp³-hybridized carbons (Fsp3) is 0.316. The lowest BCUT2D eigenvalue weighted by Gasteiger charge is -2.18. The second-order valence-electron chi connectivity index (χ2n) is 6.59. The number of amides is 1. The van der Waals surface area contributed by atoms with Gasteiger partial charge >= 0.3 is 0 Å². The Hall–Kier alpha value is -3.00. The average molecular weight is 368 g/mol. The molecule has 140 valence electrons. The highest BCUT2D eigenvalue weighted by Crippen LogP contribution is 2.15. The molecule has 0 unspecified atom stereocenters. The van der Waals surface area contributed by atoms with E-state index in [1.807, 2.05) is 17.0 Å². The Bertz CT molecular complexity index is 937. The topological polar surface area (TPSA) is 68.0 Å². The van der Waals surface area contributed by atoms with Gasteiger partial charge in [-0.1, -0.05) is 12.1 Å². The van der Waals surface area contributed by atoms with Crippen molar-refractivity contribution in [2.75, 3.05) is 20.1 Å². The van der Waals surface area contributed by atoms with Crippen LogP contribution in [0.4, 0.5) is 4.39 Å². The largest absolute Gasteiger partial charge is 0.354 e. The summed E-state index contributed by atoms with van der Waals surface area (Å²) in [6.45, 7) is 3.21. The summed E-state index contributed by atoms with van der Waals surface area (Å²) in [5.41, 5.74) is 1.94. The van der Waals surface area contributed by atoms with Gasteiger partial charge in [-0.25, -0.2) is 14.1 Å². The molecule has 2 aromatic heterocycles. The number of hydrogen-bond acceptors (Lipinski definition) is 4. The van der Waals surface area contributed by atoms with Crippen molar-refractivity contribution in [1.29, 1.82) is 0 Å². The molecule has 1 amide bonds. The van der Waals surface area contributed by atoms with Gasteiger partial charge in [-0.15, -0.1) is 0 Å².